The Hall–Kier alpha value is -2.10. The van der Waals surface area contributed by atoms with Gasteiger partial charge in [0.05, 0.1) is 4.90 Å². The minimum Gasteiger partial charge on any atom is -0.377 e. The molecule has 0 spiro atoms. The topological polar surface area (TPSA) is 75.4 Å². The molecule has 0 radical (unpaired) electrons. The van der Waals surface area contributed by atoms with Crippen LogP contribution in [0.3, 0.4) is 0 Å². The quantitative estimate of drug-likeness (QED) is 0.505. The summed E-state index contributed by atoms with van der Waals surface area (Å²) >= 11 is 0. The molecule has 3 N–H and O–H groups in total. The van der Waals surface area contributed by atoms with E-state index in [2.05, 4.69) is 10.2 Å². The third-order valence-corrected chi connectivity index (χ3v) is 7.10. The predicted molar refractivity (Wildman–Crippen MR) is 121 cm³/mol. The molecule has 0 bridgehead atoms. The lowest BCUT2D eigenvalue weighted by Gasteiger charge is -2.41. The number of nitrogens with two attached hydrogens (primary N) is 1. The van der Waals surface area contributed by atoms with Crippen LogP contribution in [-0.4, -0.2) is 40.0 Å². The van der Waals surface area contributed by atoms with Crippen molar-refractivity contribution in [2.75, 3.05) is 26.0 Å². The largest absolute Gasteiger partial charge is 0.377 e. The highest BCUT2D eigenvalue weighted by molar-refractivity contribution is 7.89. The number of hydrogen-bond donors (Lipinski definition) is 2. The highest BCUT2D eigenvalue weighted by Gasteiger charge is 2.35. The number of benzene rings is 2. The first-order chi connectivity index (χ1) is 14.9. The van der Waals surface area contributed by atoms with E-state index >= 15 is 0 Å². The van der Waals surface area contributed by atoms with Gasteiger partial charge >= 0.3 is 0 Å². The van der Waals surface area contributed by atoms with Gasteiger partial charge in [0.2, 0.25) is 10.0 Å². The Labute approximate surface area is 188 Å². The van der Waals surface area contributed by atoms with Gasteiger partial charge in [0.15, 0.2) is 11.6 Å². The number of aryl methyl sites for hydroxylation is 1. The van der Waals surface area contributed by atoms with Crippen LogP contribution in [0.4, 0.5) is 18.9 Å². The number of nitrogens with zero attached hydrogens (tertiary/aromatic N) is 1. The predicted octanol–water partition coefficient (Wildman–Crippen LogP) is 4.53. The van der Waals surface area contributed by atoms with Crippen molar-refractivity contribution in [1.82, 2.24) is 4.90 Å². The number of anilines is 1. The van der Waals surface area contributed by atoms with E-state index in [0.29, 0.717) is 6.42 Å². The first-order valence-electron chi connectivity index (χ1n) is 10.6. The summed E-state index contributed by atoms with van der Waals surface area (Å²) in [4.78, 5) is 1.44. The maximum absolute atomic E-state index is 14.6. The summed E-state index contributed by atoms with van der Waals surface area (Å²) in [5.74, 6) is -2.33. The Bertz CT molecular complexity index is 991. The van der Waals surface area contributed by atoms with E-state index in [1.54, 1.807) is 12.1 Å². The molecule has 0 saturated heterocycles. The molecule has 0 aliphatic rings. The lowest BCUT2D eigenvalue weighted by atomic mass is 9.71. The van der Waals surface area contributed by atoms with Crippen LogP contribution in [0.15, 0.2) is 41.3 Å². The summed E-state index contributed by atoms with van der Waals surface area (Å²) in [5, 5.41) is 7.95. The number of rotatable bonds is 11. The van der Waals surface area contributed by atoms with Crippen molar-refractivity contribution in [3.8, 4) is 0 Å². The molecule has 9 heteroatoms. The molecule has 0 aliphatic carbocycles. The molecule has 0 aliphatic heterocycles. The second-order valence-corrected chi connectivity index (χ2v) is 10.1. The molecule has 0 aromatic heterocycles. The summed E-state index contributed by atoms with van der Waals surface area (Å²) in [7, 11) is -0.302. The molecule has 5 nitrogen and oxygen atoms in total. The van der Waals surface area contributed by atoms with Crippen molar-refractivity contribution in [1.29, 1.82) is 0 Å². The van der Waals surface area contributed by atoms with Crippen LogP contribution in [0.25, 0.3) is 0 Å². The molecule has 0 saturated carbocycles. The second kappa shape index (κ2) is 10.7. The summed E-state index contributed by atoms with van der Waals surface area (Å²) in [6, 6.07) is 7.43. The third-order valence-electron chi connectivity index (χ3n) is 6.21. The van der Waals surface area contributed by atoms with Crippen molar-refractivity contribution < 1.29 is 21.6 Å². The maximum Gasteiger partial charge on any atom is 0.238 e. The highest BCUT2D eigenvalue weighted by atomic mass is 32.2. The monoisotopic (exact) mass is 471 g/mol. The summed E-state index contributed by atoms with van der Waals surface area (Å²) in [6.07, 6.45) is 2.91. The van der Waals surface area contributed by atoms with E-state index in [0.717, 1.165) is 43.5 Å². The standard InChI is InChI=1S/C23H32F3N3O2S/c1-5-23(12-13-29(3)4,11-10-17-6-8-18(24)9-7-17)16(2)28-22-20(25)14-19(15-21(22)26)32(27,30)31/h6-9,14-16,28H,5,10-13H2,1-4H3,(H2,27,30,31)/t16?,23-/m1/s1. The molecule has 0 fully saturated rings. The summed E-state index contributed by atoms with van der Waals surface area (Å²) < 4.78 is 65.4. The molecule has 2 rings (SSSR count). The van der Waals surface area contributed by atoms with Crippen molar-refractivity contribution in [2.24, 2.45) is 10.6 Å². The van der Waals surface area contributed by atoms with Gasteiger partial charge in [-0.2, -0.15) is 0 Å². The van der Waals surface area contributed by atoms with Gasteiger partial charge < -0.3 is 10.2 Å². The zero-order valence-corrected chi connectivity index (χ0v) is 19.8. The van der Waals surface area contributed by atoms with Crippen LogP contribution >= 0.6 is 0 Å². The fraction of sp³-hybridized carbons (Fsp3) is 0.478. The van der Waals surface area contributed by atoms with Gasteiger partial charge in [-0.1, -0.05) is 19.1 Å². The molecular formula is C23H32F3N3O2S. The minimum atomic E-state index is -4.23. The zero-order valence-electron chi connectivity index (χ0n) is 19.0. The third kappa shape index (κ3) is 6.70. The molecule has 1 unspecified atom stereocenters. The second-order valence-electron chi connectivity index (χ2n) is 8.57. The Kier molecular flexibility index (Phi) is 8.73. The Morgan fingerprint density at radius 3 is 2.09 bits per heavy atom. The molecule has 2 aromatic carbocycles. The van der Waals surface area contributed by atoms with Gasteiger partial charge in [0.25, 0.3) is 0 Å². The minimum absolute atomic E-state index is 0.299. The van der Waals surface area contributed by atoms with Crippen LogP contribution in [0, 0.1) is 22.9 Å². The number of primary sulfonamides is 1. The summed E-state index contributed by atoms with van der Waals surface area (Å²) in [6.45, 7) is 4.68. The SMILES string of the molecule is CC[C@@](CCc1ccc(F)cc1)(CCN(C)C)C(C)Nc1c(F)cc(S(N)(=O)=O)cc1F. The molecular weight excluding hydrogens is 439 g/mol. The highest BCUT2D eigenvalue weighted by Crippen LogP contribution is 2.39. The van der Waals surface area contributed by atoms with Crippen LogP contribution in [-0.2, 0) is 16.4 Å². The molecule has 0 heterocycles. The van der Waals surface area contributed by atoms with E-state index in [1.807, 2.05) is 27.9 Å². The van der Waals surface area contributed by atoms with Gasteiger partial charge in [0.1, 0.15) is 11.5 Å². The van der Waals surface area contributed by atoms with Crippen LogP contribution in [0.1, 0.15) is 38.7 Å². The average Bonchev–Trinajstić information content (AvgIpc) is 2.71. The van der Waals surface area contributed by atoms with Crippen LogP contribution < -0.4 is 10.5 Å². The number of hydrogen-bond acceptors (Lipinski definition) is 4. The van der Waals surface area contributed by atoms with Crippen molar-refractivity contribution in [3.05, 3.63) is 59.4 Å². The Morgan fingerprint density at radius 1 is 1.06 bits per heavy atom. The molecule has 178 valence electrons. The van der Waals surface area contributed by atoms with Crippen LogP contribution in [0.2, 0.25) is 0 Å². The fourth-order valence-corrected chi connectivity index (χ4v) is 4.47. The van der Waals surface area contributed by atoms with E-state index < -0.39 is 26.6 Å². The lowest BCUT2D eigenvalue weighted by molar-refractivity contribution is 0.174. The van der Waals surface area contributed by atoms with E-state index in [-0.39, 0.29) is 23.0 Å². The van der Waals surface area contributed by atoms with Gasteiger partial charge in [-0.3, -0.25) is 0 Å². The maximum atomic E-state index is 14.6. The lowest BCUT2D eigenvalue weighted by Crippen LogP contribution is -2.41. The number of halogens is 3. The first-order valence-corrected chi connectivity index (χ1v) is 12.1. The Balaban J connectivity index is 2.32. The van der Waals surface area contributed by atoms with Crippen LogP contribution in [0.5, 0.6) is 0 Å². The van der Waals surface area contributed by atoms with Crippen molar-refractivity contribution in [2.45, 2.75) is 50.5 Å². The molecule has 2 aromatic rings. The molecule has 0 amide bonds. The van der Waals surface area contributed by atoms with Gasteiger partial charge in [-0.25, -0.2) is 26.7 Å². The normalized spacial score (nSPS) is 14.9. The number of nitrogens with one attached hydrogen (secondary N) is 1. The van der Waals surface area contributed by atoms with E-state index in [4.69, 9.17) is 5.14 Å². The smallest absolute Gasteiger partial charge is 0.238 e. The van der Waals surface area contributed by atoms with Crippen molar-refractivity contribution >= 4 is 15.7 Å². The van der Waals surface area contributed by atoms with Gasteiger partial charge in [-0.15, -0.1) is 0 Å². The van der Waals surface area contributed by atoms with E-state index in [1.165, 1.54) is 12.1 Å². The zero-order chi connectivity index (χ0) is 24.1. The summed E-state index contributed by atoms with van der Waals surface area (Å²) in [5.41, 5.74) is 0.279. The fourth-order valence-electron chi connectivity index (χ4n) is 3.93. The van der Waals surface area contributed by atoms with Gasteiger partial charge in [-0.05, 0) is 88.5 Å². The van der Waals surface area contributed by atoms with Gasteiger partial charge in [0, 0.05) is 6.04 Å². The average molecular weight is 472 g/mol. The molecule has 32 heavy (non-hydrogen) atoms. The Morgan fingerprint density at radius 2 is 1.62 bits per heavy atom. The van der Waals surface area contributed by atoms with Crippen molar-refractivity contribution in [3.63, 3.8) is 0 Å². The molecule has 2 atom stereocenters. The van der Waals surface area contributed by atoms with E-state index in [9.17, 15) is 21.6 Å². The number of sulfonamides is 1. The first kappa shape index (κ1) is 26.2.